The Morgan fingerprint density at radius 3 is 2.77 bits per heavy atom. The quantitative estimate of drug-likeness (QED) is 0.463. The van der Waals surface area contributed by atoms with E-state index in [1.165, 1.54) is 13.2 Å². The minimum absolute atomic E-state index is 0.0769. The third-order valence-corrected chi connectivity index (χ3v) is 5.78. The minimum Gasteiger partial charge on any atom is -0.466 e. The summed E-state index contributed by atoms with van der Waals surface area (Å²) in [5, 5.41) is 3.07. The first-order valence-electron chi connectivity index (χ1n) is 9.79. The van der Waals surface area contributed by atoms with Gasteiger partial charge in [-0.15, -0.1) is 0 Å². The zero-order valence-electron chi connectivity index (χ0n) is 17.4. The van der Waals surface area contributed by atoms with Crippen molar-refractivity contribution in [1.29, 1.82) is 0 Å². The maximum atomic E-state index is 14.6. The summed E-state index contributed by atoms with van der Waals surface area (Å²) in [5.74, 6) is -0.567. The summed E-state index contributed by atoms with van der Waals surface area (Å²) < 4.78 is 34.0. The number of carbonyl (C=O) groups excluding carboxylic acids is 1. The summed E-state index contributed by atoms with van der Waals surface area (Å²) in [6, 6.07) is 4.83. The molecule has 0 spiro atoms. The molecule has 2 aliphatic rings. The molecule has 2 aliphatic heterocycles. The van der Waals surface area contributed by atoms with Crippen LogP contribution in [-0.4, -0.2) is 42.1 Å². The number of esters is 1. The van der Waals surface area contributed by atoms with E-state index in [0.29, 0.717) is 30.3 Å². The molecule has 0 bridgehead atoms. The summed E-state index contributed by atoms with van der Waals surface area (Å²) >= 11 is 2.04. The molecule has 0 amide bonds. The monoisotopic (exact) mass is 539 g/mol. The van der Waals surface area contributed by atoms with Gasteiger partial charge in [0.25, 0.3) is 0 Å². The van der Waals surface area contributed by atoms with Gasteiger partial charge in [-0.2, -0.15) is 0 Å². The van der Waals surface area contributed by atoms with E-state index in [9.17, 15) is 9.18 Å². The average molecular weight is 539 g/mol. The number of anilines is 1. The number of methoxy groups -OCH3 is 1. The predicted octanol–water partition coefficient (Wildman–Crippen LogP) is 4.27. The Kier molecular flexibility index (Phi) is 6.18. The number of aromatic nitrogens is 2. The van der Waals surface area contributed by atoms with Crippen LogP contribution in [0.4, 0.5) is 10.1 Å². The highest BCUT2D eigenvalue weighted by atomic mass is 127. The van der Waals surface area contributed by atoms with E-state index in [4.69, 9.17) is 14.2 Å². The molecule has 0 radical (unpaired) electrons. The second kappa shape index (κ2) is 8.71. The van der Waals surface area contributed by atoms with Crippen molar-refractivity contribution in [3.8, 4) is 0 Å². The molecule has 2 aromatic rings. The van der Waals surface area contributed by atoms with Gasteiger partial charge in [0, 0.05) is 21.0 Å². The van der Waals surface area contributed by atoms with Gasteiger partial charge in [-0.1, -0.05) is 19.9 Å². The predicted molar refractivity (Wildman–Crippen MR) is 122 cm³/mol. The number of imidazole rings is 1. The second-order valence-corrected chi connectivity index (χ2v) is 9.44. The first kappa shape index (κ1) is 22.0. The minimum atomic E-state index is -0.586. The van der Waals surface area contributed by atoms with Crippen molar-refractivity contribution in [1.82, 2.24) is 9.55 Å². The lowest BCUT2D eigenvalue weighted by Crippen LogP contribution is -2.38. The zero-order chi connectivity index (χ0) is 22.2. The van der Waals surface area contributed by atoms with Gasteiger partial charge in [-0.05, 0) is 40.8 Å². The van der Waals surface area contributed by atoms with E-state index in [2.05, 4.69) is 24.1 Å². The first-order valence-corrected chi connectivity index (χ1v) is 10.9. The highest BCUT2D eigenvalue weighted by molar-refractivity contribution is 14.1. The van der Waals surface area contributed by atoms with Crippen LogP contribution in [0.15, 0.2) is 42.4 Å². The molecule has 4 rings (SSSR count). The molecular weight excluding hydrogens is 516 g/mol. The van der Waals surface area contributed by atoms with Crippen LogP contribution >= 0.6 is 22.6 Å². The van der Waals surface area contributed by atoms with Crippen LogP contribution < -0.4 is 5.32 Å². The van der Waals surface area contributed by atoms with Gasteiger partial charge < -0.3 is 19.5 Å². The molecule has 1 N–H and O–H groups in total. The van der Waals surface area contributed by atoms with Crippen molar-refractivity contribution in [2.24, 2.45) is 5.41 Å². The van der Waals surface area contributed by atoms with Crippen molar-refractivity contribution in [3.05, 3.63) is 57.5 Å². The number of benzene rings is 1. The lowest BCUT2D eigenvalue weighted by Gasteiger charge is -2.35. The molecule has 9 heteroatoms. The maximum absolute atomic E-state index is 14.6. The van der Waals surface area contributed by atoms with Crippen molar-refractivity contribution >= 4 is 45.6 Å². The van der Waals surface area contributed by atoms with E-state index in [0.717, 1.165) is 9.14 Å². The Labute approximate surface area is 193 Å². The smallest absolute Gasteiger partial charge is 0.337 e. The number of hydrogen-bond acceptors (Lipinski definition) is 6. The molecule has 1 saturated heterocycles. The highest BCUT2D eigenvalue weighted by Crippen LogP contribution is 2.35. The summed E-state index contributed by atoms with van der Waals surface area (Å²) in [5.41, 5.74) is 1.95. The second-order valence-electron chi connectivity index (χ2n) is 8.20. The highest BCUT2D eigenvalue weighted by Gasteiger charge is 2.34. The normalized spacial score (nSPS) is 18.8. The van der Waals surface area contributed by atoms with Gasteiger partial charge in [0.15, 0.2) is 6.29 Å². The molecule has 0 atom stereocenters. The standard InChI is InChI=1S/C22H23FIN3O4/c1-22(2)10-30-21(31-11-22)14-5-6-15(20(28)29-3)19(27-12-25-9-18(14)27)26-17-7-4-13(24)8-16(17)23/h4-5,7-9,12,21,26H,6,10-11H2,1-3H3. The summed E-state index contributed by atoms with van der Waals surface area (Å²) in [4.78, 5) is 16.9. The van der Waals surface area contributed by atoms with Gasteiger partial charge in [-0.3, -0.25) is 4.57 Å². The Bertz CT molecular complexity index is 1070. The number of ether oxygens (including phenoxy) is 3. The third kappa shape index (κ3) is 4.53. The topological polar surface area (TPSA) is 74.6 Å². The van der Waals surface area contributed by atoms with Crippen LogP contribution in [0.5, 0.6) is 0 Å². The number of hydrogen-bond donors (Lipinski definition) is 1. The fraction of sp³-hybridized carbons (Fsp3) is 0.364. The Balaban J connectivity index is 1.75. The van der Waals surface area contributed by atoms with Crippen LogP contribution in [0, 0.1) is 14.8 Å². The van der Waals surface area contributed by atoms with Crippen molar-refractivity contribution in [2.45, 2.75) is 26.6 Å². The van der Waals surface area contributed by atoms with Crippen LogP contribution in [0.25, 0.3) is 11.4 Å². The van der Waals surface area contributed by atoms with Crippen molar-refractivity contribution < 1.29 is 23.4 Å². The Hall–Kier alpha value is -2.24. The van der Waals surface area contributed by atoms with Gasteiger partial charge in [0.1, 0.15) is 18.0 Å². The number of nitrogens with zero attached hydrogens (tertiary/aromatic N) is 2. The average Bonchev–Trinajstić information content (AvgIpc) is 3.15. The van der Waals surface area contributed by atoms with Gasteiger partial charge in [0.05, 0.1) is 43.5 Å². The van der Waals surface area contributed by atoms with Crippen LogP contribution in [0.3, 0.4) is 0 Å². The number of fused-ring (bicyclic) bond motifs is 1. The molecule has 1 aromatic heterocycles. The molecule has 3 heterocycles. The van der Waals surface area contributed by atoms with Crippen molar-refractivity contribution in [3.63, 3.8) is 0 Å². The van der Waals surface area contributed by atoms with E-state index >= 15 is 0 Å². The molecule has 7 nitrogen and oxygen atoms in total. The van der Waals surface area contributed by atoms with Crippen LogP contribution in [0.1, 0.15) is 26.0 Å². The Morgan fingerprint density at radius 1 is 1.35 bits per heavy atom. The van der Waals surface area contributed by atoms with E-state index < -0.39 is 18.1 Å². The van der Waals surface area contributed by atoms with Crippen LogP contribution in [-0.2, 0) is 19.0 Å². The first-order chi connectivity index (χ1) is 14.8. The number of carbonyl (C=O) groups is 1. The summed E-state index contributed by atoms with van der Waals surface area (Å²) in [7, 11) is 1.32. The van der Waals surface area contributed by atoms with E-state index in [1.807, 2.05) is 28.7 Å². The molecular formula is C22H23FIN3O4. The van der Waals surface area contributed by atoms with E-state index in [-0.39, 0.29) is 17.5 Å². The lowest BCUT2D eigenvalue weighted by molar-refractivity contribution is -0.192. The van der Waals surface area contributed by atoms with Gasteiger partial charge in [-0.25, -0.2) is 14.2 Å². The fourth-order valence-electron chi connectivity index (χ4n) is 3.49. The lowest BCUT2D eigenvalue weighted by atomic mass is 9.95. The maximum Gasteiger partial charge on any atom is 0.337 e. The molecule has 31 heavy (non-hydrogen) atoms. The molecule has 0 aliphatic carbocycles. The molecule has 0 unspecified atom stereocenters. The number of allylic oxidation sites excluding steroid dienone is 1. The third-order valence-electron chi connectivity index (χ3n) is 5.11. The van der Waals surface area contributed by atoms with Gasteiger partial charge >= 0.3 is 5.97 Å². The number of halogens is 2. The molecule has 1 aromatic carbocycles. The number of rotatable bonds is 4. The Morgan fingerprint density at radius 2 is 2.10 bits per heavy atom. The molecule has 164 valence electrons. The largest absolute Gasteiger partial charge is 0.466 e. The van der Waals surface area contributed by atoms with E-state index in [1.54, 1.807) is 29.2 Å². The van der Waals surface area contributed by atoms with Gasteiger partial charge in [0.2, 0.25) is 0 Å². The van der Waals surface area contributed by atoms with Crippen molar-refractivity contribution in [2.75, 3.05) is 25.6 Å². The summed E-state index contributed by atoms with van der Waals surface area (Å²) in [6.45, 7) is 5.23. The molecule has 1 fully saturated rings. The van der Waals surface area contributed by atoms with Crippen LogP contribution in [0.2, 0.25) is 0 Å². The SMILES string of the molecule is COC(=O)C1=C(Nc2ccc(I)cc2F)n2cncc2C(C2OCC(C)(C)CO2)=CC1. The zero-order valence-corrected chi connectivity index (χ0v) is 19.6. The number of nitrogens with one attached hydrogen (secondary N) is 1. The fourth-order valence-corrected chi connectivity index (χ4v) is 3.94. The molecule has 0 saturated carbocycles. The summed E-state index contributed by atoms with van der Waals surface area (Å²) in [6.07, 6.45) is 4.78.